The normalized spacial score (nSPS) is 10.7. The number of hydrogen-bond donors (Lipinski definition) is 0. The number of thioether (sulfide) groups is 1. The highest BCUT2D eigenvalue weighted by atomic mass is 32.2. The molecule has 0 aliphatic carbocycles. The molecule has 1 aromatic carbocycles. The van der Waals surface area contributed by atoms with Crippen molar-refractivity contribution >= 4 is 23.4 Å². The molecule has 0 atom stereocenters. The van der Waals surface area contributed by atoms with Crippen LogP contribution in [-0.2, 0) is 5.75 Å². The molecule has 0 bridgehead atoms. The van der Waals surface area contributed by atoms with Crippen molar-refractivity contribution in [1.82, 2.24) is 9.97 Å². The molecule has 0 aliphatic rings. The van der Waals surface area contributed by atoms with Gasteiger partial charge in [0, 0.05) is 30.4 Å². The molecular formula is C23H25N3OS. The molecule has 0 N–H and O–H groups in total. The summed E-state index contributed by atoms with van der Waals surface area (Å²) < 4.78 is 0. The molecule has 2 aromatic heterocycles. The average Bonchev–Trinajstić information content (AvgIpc) is 2.70. The van der Waals surface area contributed by atoms with Gasteiger partial charge in [-0.25, -0.2) is 4.98 Å². The fraction of sp³-hybridized carbons (Fsp3) is 0.261. The highest BCUT2D eigenvalue weighted by molar-refractivity contribution is 7.98. The topological polar surface area (TPSA) is 46.1 Å². The number of aromatic nitrogens is 2. The van der Waals surface area contributed by atoms with Crippen LogP contribution in [0.4, 0.5) is 5.69 Å². The van der Waals surface area contributed by atoms with Crippen molar-refractivity contribution in [3.05, 3.63) is 83.3 Å². The van der Waals surface area contributed by atoms with Gasteiger partial charge in [-0.15, -0.1) is 11.8 Å². The fourth-order valence-electron chi connectivity index (χ4n) is 3.09. The third-order valence-corrected chi connectivity index (χ3v) is 5.29. The maximum Gasteiger partial charge on any atom is 0.276 e. The predicted octanol–water partition coefficient (Wildman–Crippen LogP) is 5.44. The number of benzene rings is 1. The molecule has 0 fully saturated rings. The van der Waals surface area contributed by atoms with Gasteiger partial charge < -0.3 is 4.90 Å². The molecule has 3 rings (SSSR count). The van der Waals surface area contributed by atoms with Crippen LogP contribution in [-0.4, -0.2) is 22.4 Å². The Balaban J connectivity index is 1.81. The molecule has 0 aliphatic heterocycles. The zero-order valence-electron chi connectivity index (χ0n) is 16.6. The van der Waals surface area contributed by atoms with E-state index in [0.29, 0.717) is 12.2 Å². The number of anilines is 1. The van der Waals surface area contributed by atoms with E-state index in [9.17, 15) is 4.79 Å². The van der Waals surface area contributed by atoms with Crippen molar-refractivity contribution in [3.63, 3.8) is 0 Å². The Kier molecular flexibility index (Phi) is 6.82. The summed E-state index contributed by atoms with van der Waals surface area (Å²) in [7, 11) is 0. The molecule has 0 radical (unpaired) electrons. The molecule has 2 heterocycles. The zero-order chi connectivity index (χ0) is 19.9. The Hall–Kier alpha value is -2.66. The maximum absolute atomic E-state index is 13.2. The molecule has 0 spiro atoms. The number of carbonyl (C=O) groups is 1. The monoisotopic (exact) mass is 391 g/mol. The van der Waals surface area contributed by atoms with E-state index < -0.39 is 0 Å². The maximum atomic E-state index is 13.2. The summed E-state index contributed by atoms with van der Waals surface area (Å²) in [6, 6.07) is 15.9. The van der Waals surface area contributed by atoms with Gasteiger partial charge in [-0.3, -0.25) is 9.78 Å². The summed E-state index contributed by atoms with van der Waals surface area (Å²) in [5, 5.41) is 0.968. The molecule has 0 saturated carbocycles. The summed E-state index contributed by atoms with van der Waals surface area (Å²) in [4.78, 5) is 23.7. The molecule has 0 saturated heterocycles. The van der Waals surface area contributed by atoms with Crippen molar-refractivity contribution < 1.29 is 4.79 Å². The lowest BCUT2D eigenvalue weighted by atomic mass is 10.1. The minimum Gasteiger partial charge on any atom is -0.307 e. The Labute approximate surface area is 171 Å². The van der Waals surface area contributed by atoms with E-state index in [1.165, 1.54) is 0 Å². The van der Waals surface area contributed by atoms with Gasteiger partial charge in [-0.05, 0) is 73.4 Å². The van der Waals surface area contributed by atoms with Crippen molar-refractivity contribution in [3.8, 4) is 0 Å². The van der Waals surface area contributed by atoms with Gasteiger partial charge in [-0.1, -0.05) is 19.1 Å². The Morgan fingerprint density at radius 3 is 2.46 bits per heavy atom. The van der Waals surface area contributed by atoms with Crippen LogP contribution in [0.15, 0.2) is 66.0 Å². The molecule has 3 aromatic rings. The number of aryl methyl sites for hydroxylation is 2. The zero-order valence-corrected chi connectivity index (χ0v) is 17.4. The van der Waals surface area contributed by atoms with Crippen molar-refractivity contribution in [2.45, 2.75) is 38.0 Å². The first-order valence-electron chi connectivity index (χ1n) is 9.45. The Morgan fingerprint density at radius 2 is 1.79 bits per heavy atom. The van der Waals surface area contributed by atoms with Crippen LogP contribution in [0.2, 0.25) is 0 Å². The standard InChI is InChI=1S/C23H25N3OS/c1-4-11-26(20-13-17(2)12-18(3)14-20)23(27)21-15-19(8-10-24-21)16-28-22-7-5-6-9-25-22/h5-10,12-15H,4,11,16H2,1-3H3. The third-order valence-electron chi connectivity index (χ3n) is 4.28. The van der Waals surface area contributed by atoms with Crippen molar-refractivity contribution in [2.24, 2.45) is 0 Å². The molecular weight excluding hydrogens is 366 g/mol. The second-order valence-corrected chi connectivity index (χ2v) is 7.80. The van der Waals surface area contributed by atoms with Crippen LogP contribution < -0.4 is 4.90 Å². The van der Waals surface area contributed by atoms with Crippen LogP contribution in [0, 0.1) is 13.8 Å². The van der Waals surface area contributed by atoms with Gasteiger partial charge in [0.05, 0.1) is 5.03 Å². The summed E-state index contributed by atoms with van der Waals surface area (Å²) >= 11 is 1.65. The SMILES string of the molecule is CCCN(C(=O)c1cc(CSc2ccccn2)ccn1)c1cc(C)cc(C)c1. The smallest absolute Gasteiger partial charge is 0.276 e. The number of rotatable bonds is 7. The van der Waals surface area contributed by atoms with Gasteiger partial charge in [0.15, 0.2) is 0 Å². The van der Waals surface area contributed by atoms with Gasteiger partial charge >= 0.3 is 0 Å². The summed E-state index contributed by atoms with van der Waals surface area (Å²) in [6.07, 6.45) is 4.39. The first kappa shape index (κ1) is 20.1. The number of pyridine rings is 2. The van der Waals surface area contributed by atoms with Crippen molar-refractivity contribution in [2.75, 3.05) is 11.4 Å². The number of nitrogens with zero attached hydrogens (tertiary/aromatic N) is 3. The van der Waals surface area contributed by atoms with Gasteiger partial charge in [-0.2, -0.15) is 0 Å². The Morgan fingerprint density at radius 1 is 1.00 bits per heavy atom. The van der Waals surface area contributed by atoms with Crippen LogP contribution in [0.5, 0.6) is 0 Å². The van der Waals surface area contributed by atoms with E-state index in [0.717, 1.165) is 39.6 Å². The van der Waals surface area contributed by atoms with E-state index in [-0.39, 0.29) is 5.91 Å². The van der Waals surface area contributed by atoms with Crippen LogP contribution in [0.3, 0.4) is 0 Å². The van der Waals surface area contributed by atoms with Gasteiger partial charge in [0.2, 0.25) is 0 Å². The van der Waals surface area contributed by atoms with Crippen LogP contribution in [0.1, 0.15) is 40.5 Å². The second-order valence-electron chi connectivity index (χ2n) is 6.81. The highest BCUT2D eigenvalue weighted by Gasteiger charge is 2.19. The number of carbonyl (C=O) groups excluding carboxylic acids is 1. The molecule has 1 amide bonds. The minimum absolute atomic E-state index is 0.0588. The van der Waals surface area contributed by atoms with E-state index in [1.54, 1.807) is 24.2 Å². The first-order valence-corrected chi connectivity index (χ1v) is 10.4. The number of hydrogen-bond acceptors (Lipinski definition) is 4. The lowest BCUT2D eigenvalue weighted by Gasteiger charge is -2.23. The minimum atomic E-state index is -0.0588. The van der Waals surface area contributed by atoms with Gasteiger partial charge in [0.25, 0.3) is 5.91 Å². The van der Waals surface area contributed by atoms with E-state index in [2.05, 4.69) is 48.9 Å². The van der Waals surface area contributed by atoms with E-state index >= 15 is 0 Å². The van der Waals surface area contributed by atoms with Crippen molar-refractivity contribution in [1.29, 1.82) is 0 Å². The third kappa shape index (κ3) is 5.20. The van der Waals surface area contributed by atoms with Crippen LogP contribution in [0.25, 0.3) is 0 Å². The molecule has 144 valence electrons. The van der Waals surface area contributed by atoms with Gasteiger partial charge in [0.1, 0.15) is 5.69 Å². The first-order chi connectivity index (χ1) is 13.6. The largest absolute Gasteiger partial charge is 0.307 e. The predicted molar refractivity (Wildman–Crippen MR) is 116 cm³/mol. The van der Waals surface area contributed by atoms with Crippen LogP contribution >= 0.6 is 11.8 Å². The summed E-state index contributed by atoms with van der Waals surface area (Å²) in [5.41, 5.74) is 4.77. The highest BCUT2D eigenvalue weighted by Crippen LogP contribution is 2.23. The second kappa shape index (κ2) is 9.51. The lowest BCUT2D eigenvalue weighted by Crippen LogP contribution is -2.32. The summed E-state index contributed by atoms with van der Waals surface area (Å²) in [5.74, 6) is 0.688. The average molecular weight is 392 g/mol. The fourth-order valence-corrected chi connectivity index (χ4v) is 3.89. The molecule has 28 heavy (non-hydrogen) atoms. The summed E-state index contributed by atoms with van der Waals surface area (Å²) in [6.45, 7) is 6.85. The number of amides is 1. The molecule has 4 nitrogen and oxygen atoms in total. The molecule has 5 heteroatoms. The molecule has 0 unspecified atom stereocenters. The van der Waals surface area contributed by atoms with E-state index in [1.807, 2.05) is 35.2 Å². The Bertz CT molecular complexity index is 923. The quantitative estimate of drug-likeness (QED) is 0.503. The lowest BCUT2D eigenvalue weighted by molar-refractivity contribution is 0.0982. The van der Waals surface area contributed by atoms with E-state index in [4.69, 9.17) is 0 Å².